The molecule has 0 saturated carbocycles. The molecule has 0 rings (SSSR count). The Morgan fingerprint density at radius 3 is 1.72 bits per heavy atom. The van der Waals surface area contributed by atoms with Crippen molar-refractivity contribution in [3.05, 3.63) is 24.3 Å². The van der Waals surface area contributed by atoms with E-state index < -0.39 is 0 Å². The summed E-state index contributed by atoms with van der Waals surface area (Å²) in [5, 5.41) is 22.2. The van der Waals surface area contributed by atoms with E-state index in [0.29, 0.717) is 12.8 Å². The number of hydrogen-bond donors (Lipinski definition) is 2. The lowest BCUT2D eigenvalue weighted by molar-refractivity contribution is -0.121. The maximum absolute atomic E-state index is 12.3. The van der Waals surface area contributed by atoms with Gasteiger partial charge in [-0.1, -0.05) is 141 Å². The van der Waals surface area contributed by atoms with Crippen molar-refractivity contribution in [1.29, 1.82) is 5.26 Å². The number of carbonyl (C=O) groups excluding carboxylic acids is 1. The number of aliphatic hydroxyl groups is 1. The highest BCUT2D eigenvalue weighted by molar-refractivity contribution is 5.75. The Labute approximate surface area is 293 Å². The maximum Gasteiger partial charge on any atom is 0.219 e. The molecular weight excluding hydrogens is 578 g/mol. The molecule has 5 heteroatoms. The average molecular weight is 658 g/mol. The van der Waals surface area contributed by atoms with Crippen LogP contribution in [0.4, 0.5) is 0 Å². The Hall–Kier alpha value is -1.64. The molecule has 0 aromatic carbocycles. The number of aliphatic hydroxyl groups excluding tert-OH is 1. The quantitative estimate of drug-likeness (QED) is 0.0515. The first-order valence-corrected chi connectivity index (χ1v) is 20.5. The van der Waals surface area contributed by atoms with Crippen molar-refractivity contribution in [3.63, 3.8) is 0 Å². The summed E-state index contributed by atoms with van der Waals surface area (Å²) in [6.45, 7) is 8.09. The van der Waals surface area contributed by atoms with Crippen LogP contribution in [0.5, 0.6) is 0 Å². The van der Waals surface area contributed by atoms with Gasteiger partial charge >= 0.3 is 0 Å². The highest BCUT2D eigenvalue weighted by Gasteiger charge is 2.06. The van der Waals surface area contributed by atoms with Crippen LogP contribution in [-0.4, -0.2) is 48.2 Å². The summed E-state index contributed by atoms with van der Waals surface area (Å²) in [6.07, 6.45) is 43.1. The van der Waals surface area contributed by atoms with Gasteiger partial charge in [-0.15, -0.1) is 0 Å². The van der Waals surface area contributed by atoms with Crippen LogP contribution in [-0.2, 0) is 4.79 Å². The van der Waals surface area contributed by atoms with Gasteiger partial charge in [0, 0.05) is 25.9 Å². The first-order chi connectivity index (χ1) is 23.1. The number of nitrogens with one attached hydrogen (secondary N) is 1. The van der Waals surface area contributed by atoms with E-state index in [1.54, 1.807) is 0 Å². The lowest BCUT2D eigenvalue weighted by Gasteiger charge is -2.21. The van der Waals surface area contributed by atoms with Crippen LogP contribution in [0.25, 0.3) is 0 Å². The third-order valence-corrected chi connectivity index (χ3v) is 9.24. The molecule has 1 unspecified atom stereocenters. The van der Waals surface area contributed by atoms with E-state index in [1.165, 1.54) is 128 Å². The molecule has 0 aromatic rings. The number of carbonyl (C=O) groups is 1. The number of allylic oxidation sites excluding steroid dienone is 3. The molecule has 0 aliphatic heterocycles. The van der Waals surface area contributed by atoms with Gasteiger partial charge in [0.1, 0.15) is 0 Å². The first-order valence-electron chi connectivity index (χ1n) is 20.5. The van der Waals surface area contributed by atoms with Crippen molar-refractivity contribution >= 4 is 5.91 Å². The standard InChI is InChI=1S/C42H79N3O2/c1-3-5-7-9-10-11-12-13-14-15-16-17-20-23-26-30-38-45(39-31-36-43)40-32-37-44-42(47)35-29-25-22-19-18-21-24-28-34-41(46)33-27-8-6-4-2/h13-14,24,28,41,46H,3-12,15-23,25-27,29-35,37-40H2,1-2H3,(H,44,47)/b14-13-,28-24-. The van der Waals surface area contributed by atoms with Crippen molar-refractivity contribution < 1.29 is 9.90 Å². The maximum atomic E-state index is 12.3. The second kappa shape index (κ2) is 38.8. The van der Waals surface area contributed by atoms with E-state index in [2.05, 4.69) is 54.4 Å². The van der Waals surface area contributed by atoms with Crippen molar-refractivity contribution in [2.24, 2.45) is 0 Å². The van der Waals surface area contributed by atoms with Gasteiger partial charge < -0.3 is 15.3 Å². The van der Waals surface area contributed by atoms with Gasteiger partial charge in [0.15, 0.2) is 0 Å². The average Bonchev–Trinajstić information content (AvgIpc) is 3.07. The van der Waals surface area contributed by atoms with E-state index in [4.69, 9.17) is 5.26 Å². The van der Waals surface area contributed by atoms with E-state index in [-0.39, 0.29) is 12.0 Å². The molecule has 5 nitrogen and oxygen atoms in total. The molecule has 0 aliphatic carbocycles. The fourth-order valence-corrected chi connectivity index (χ4v) is 6.12. The third-order valence-electron chi connectivity index (χ3n) is 9.24. The lowest BCUT2D eigenvalue weighted by atomic mass is 10.1. The van der Waals surface area contributed by atoms with E-state index >= 15 is 0 Å². The zero-order valence-electron chi connectivity index (χ0n) is 31.5. The topological polar surface area (TPSA) is 76.4 Å². The molecule has 0 aromatic heterocycles. The largest absolute Gasteiger partial charge is 0.393 e. The summed E-state index contributed by atoms with van der Waals surface area (Å²) >= 11 is 0. The fraction of sp³-hybridized carbons (Fsp3) is 0.857. The molecule has 0 heterocycles. The molecule has 47 heavy (non-hydrogen) atoms. The van der Waals surface area contributed by atoms with Gasteiger partial charge in [-0.3, -0.25) is 4.79 Å². The Kier molecular flexibility index (Phi) is 37.5. The molecule has 0 bridgehead atoms. The minimum absolute atomic E-state index is 0.177. The SMILES string of the molecule is CCCCCCCC/C=C\CCCCCCCCN(CCC#N)CCCNC(=O)CCCCCCC/C=C\CC(O)CCCCCC. The molecular formula is C42H79N3O2. The molecule has 1 atom stereocenters. The van der Waals surface area contributed by atoms with E-state index in [1.807, 2.05) is 0 Å². The van der Waals surface area contributed by atoms with Gasteiger partial charge in [-0.2, -0.15) is 5.26 Å². The van der Waals surface area contributed by atoms with Crippen molar-refractivity contribution in [1.82, 2.24) is 10.2 Å². The molecule has 1 amide bonds. The number of nitriles is 1. The monoisotopic (exact) mass is 658 g/mol. The van der Waals surface area contributed by atoms with Crippen LogP contribution < -0.4 is 5.32 Å². The van der Waals surface area contributed by atoms with Gasteiger partial charge in [0.05, 0.1) is 12.2 Å². The summed E-state index contributed by atoms with van der Waals surface area (Å²) < 4.78 is 0. The van der Waals surface area contributed by atoms with Gasteiger partial charge in [-0.25, -0.2) is 0 Å². The Balaban J connectivity index is 3.67. The summed E-state index contributed by atoms with van der Waals surface area (Å²) in [6, 6.07) is 2.30. The minimum atomic E-state index is -0.177. The predicted octanol–water partition coefficient (Wildman–Crippen LogP) is 11.8. The number of amides is 1. The highest BCUT2D eigenvalue weighted by Crippen LogP contribution is 2.12. The number of nitrogens with zero attached hydrogens (tertiary/aromatic N) is 2. The summed E-state index contributed by atoms with van der Waals surface area (Å²) in [5.74, 6) is 0.179. The summed E-state index contributed by atoms with van der Waals surface area (Å²) in [5.41, 5.74) is 0. The van der Waals surface area contributed by atoms with Gasteiger partial charge in [0.25, 0.3) is 0 Å². The fourth-order valence-electron chi connectivity index (χ4n) is 6.12. The van der Waals surface area contributed by atoms with Gasteiger partial charge in [0.2, 0.25) is 5.91 Å². The molecule has 0 radical (unpaired) electrons. The smallest absolute Gasteiger partial charge is 0.219 e. The number of hydrogen-bond acceptors (Lipinski definition) is 4. The predicted molar refractivity (Wildman–Crippen MR) is 205 cm³/mol. The molecule has 0 fully saturated rings. The zero-order chi connectivity index (χ0) is 34.3. The second-order valence-electron chi connectivity index (χ2n) is 13.9. The number of rotatable bonds is 37. The molecule has 0 aliphatic rings. The first kappa shape index (κ1) is 45.4. The lowest BCUT2D eigenvalue weighted by Crippen LogP contribution is -2.31. The van der Waals surface area contributed by atoms with E-state index in [9.17, 15) is 9.90 Å². The third kappa shape index (κ3) is 37.0. The molecule has 0 spiro atoms. The van der Waals surface area contributed by atoms with E-state index in [0.717, 1.165) is 71.1 Å². The second-order valence-corrected chi connectivity index (χ2v) is 13.9. The van der Waals surface area contributed by atoms with Crippen LogP contribution in [0, 0.1) is 11.3 Å². The summed E-state index contributed by atoms with van der Waals surface area (Å²) in [4.78, 5) is 14.7. The van der Waals surface area contributed by atoms with Crippen LogP contribution in [0.3, 0.4) is 0 Å². The zero-order valence-corrected chi connectivity index (χ0v) is 31.5. The van der Waals surface area contributed by atoms with Crippen LogP contribution >= 0.6 is 0 Å². The van der Waals surface area contributed by atoms with Crippen molar-refractivity contribution in [2.75, 3.05) is 26.2 Å². The molecule has 0 saturated heterocycles. The normalized spacial score (nSPS) is 12.4. The molecule has 274 valence electrons. The summed E-state index contributed by atoms with van der Waals surface area (Å²) in [7, 11) is 0. The van der Waals surface area contributed by atoms with Crippen LogP contribution in [0.2, 0.25) is 0 Å². The van der Waals surface area contributed by atoms with Crippen LogP contribution in [0.15, 0.2) is 24.3 Å². The van der Waals surface area contributed by atoms with Crippen LogP contribution in [0.1, 0.15) is 200 Å². The number of unbranched alkanes of at least 4 members (excludes halogenated alkanes) is 20. The highest BCUT2D eigenvalue weighted by atomic mass is 16.3. The van der Waals surface area contributed by atoms with Gasteiger partial charge in [-0.05, 0) is 83.7 Å². The van der Waals surface area contributed by atoms with Crippen molar-refractivity contribution in [3.8, 4) is 6.07 Å². The Morgan fingerprint density at radius 1 is 0.638 bits per heavy atom. The molecule has 2 N–H and O–H groups in total. The Morgan fingerprint density at radius 2 is 1.13 bits per heavy atom. The Bertz CT molecular complexity index is 745. The minimum Gasteiger partial charge on any atom is -0.393 e. The van der Waals surface area contributed by atoms with Crippen molar-refractivity contribution in [2.45, 2.75) is 206 Å².